The molecule has 0 radical (unpaired) electrons. The van der Waals surface area contributed by atoms with Crippen LogP contribution in [0.15, 0.2) is 84.5 Å². The first-order valence-corrected chi connectivity index (χ1v) is 23.0. The quantitative estimate of drug-likeness (QED) is 0.111. The molecule has 10 atom stereocenters. The summed E-state index contributed by atoms with van der Waals surface area (Å²) in [4.78, 5) is 108. The summed E-state index contributed by atoms with van der Waals surface area (Å²) in [6.07, 6.45) is 2.62. The molecule has 1 saturated heterocycles. The van der Waals surface area contributed by atoms with Crippen LogP contribution in [-0.2, 0) is 58.5 Å². The summed E-state index contributed by atoms with van der Waals surface area (Å²) in [5.41, 5.74) is -3.75. The van der Waals surface area contributed by atoms with Gasteiger partial charge in [-0.1, -0.05) is 55.0 Å². The van der Waals surface area contributed by atoms with Crippen molar-refractivity contribution in [3.05, 3.63) is 101 Å². The van der Waals surface area contributed by atoms with Crippen LogP contribution in [0, 0.1) is 22.7 Å². The zero-order chi connectivity index (χ0) is 47.6. The first-order valence-electron chi connectivity index (χ1n) is 21.5. The number of Topliss-reactive ketones (excluding diaryl/α,β-unsaturated/α-hetero) is 1. The number of carboxylic acid groups (broad SMARTS) is 1. The molecule has 2 aromatic carbocycles. The van der Waals surface area contributed by atoms with Gasteiger partial charge in [-0.25, -0.2) is 8.96 Å². The van der Waals surface area contributed by atoms with E-state index in [0.717, 1.165) is 23.3 Å². The number of rotatable bonds is 15. The topological polar surface area (TPSA) is 272 Å². The van der Waals surface area contributed by atoms with Gasteiger partial charge in [0.15, 0.2) is 29.1 Å². The zero-order valence-electron chi connectivity index (χ0n) is 35.9. The Hall–Kier alpha value is -5.53. The number of phosphoric acid groups is 1. The van der Waals surface area contributed by atoms with Crippen molar-refractivity contribution in [2.24, 2.45) is 22.7 Å². The molecule has 20 heteroatoms. The Labute approximate surface area is 377 Å². The molecule has 2 aliphatic heterocycles. The van der Waals surface area contributed by atoms with Crippen LogP contribution in [0.25, 0.3) is 0 Å². The fraction of sp³-hybridized carbons (Fsp3) is 0.457. The highest BCUT2D eigenvalue weighted by atomic mass is 31.2. The van der Waals surface area contributed by atoms with Gasteiger partial charge in [0.2, 0.25) is 11.8 Å². The highest BCUT2D eigenvalue weighted by molar-refractivity contribution is 7.46. The monoisotopic (exact) mass is 933 g/mol. The number of alkyl halides is 1. The number of aliphatic carboxylic acids is 1. The normalized spacial score (nSPS) is 32.5. The second-order valence-electron chi connectivity index (χ2n) is 18.3. The van der Waals surface area contributed by atoms with Gasteiger partial charge in [-0.15, -0.1) is 0 Å². The van der Waals surface area contributed by atoms with E-state index in [4.69, 9.17) is 14.0 Å². The molecule has 2 heterocycles. The van der Waals surface area contributed by atoms with Crippen LogP contribution in [0.4, 0.5) is 10.1 Å². The molecule has 0 aromatic heterocycles. The molecule has 18 nitrogen and oxygen atoms in total. The smallest absolute Gasteiger partial charge is 0.470 e. The number of amides is 4. The lowest BCUT2D eigenvalue weighted by atomic mass is 9.44. The van der Waals surface area contributed by atoms with E-state index in [1.54, 1.807) is 62.4 Å². The Morgan fingerprint density at radius 3 is 2.39 bits per heavy atom. The van der Waals surface area contributed by atoms with Crippen LogP contribution in [0.1, 0.15) is 75.4 Å². The van der Waals surface area contributed by atoms with Crippen molar-refractivity contribution in [3.63, 3.8) is 0 Å². The van der Waals surface area contributed by atoms with Gasteiger partial charge >= 0.3 is 13.8 Å². The second kappa shape index (κ2) is 17.3. The number of ether oxygens (including phenoxy) is 2. The average molecular weight is 934 g/mol. The molecule has 4 fully saturated rings. The Morgan fingerprint density at radius 1 is 1.00 bits per heavy atom. The van der Waals surface area contributed by atoms with Crippen LogP contribution in [0.2, 0.25) is 0 Å². The van der Waals surface area contributed by atoms with Gasteiger partial charge in [-0.2, -0.15) is 0 Å². The number of carboxylic acids is 1. The van der Waals surface area contributed by atoms with E-state index in [-0.39, 0.29) is 31.5 Å². The summed E-state index contributed by atoms with van der Waals surface area (Å²) in [5, 5.41) is 26.3. The molecule has 6 aliphatic rings. The van der Waals surface area contributed by atoms with Crippen LogP contribution in [-0.4, -0.2) is 109 Å². The highest BCUT2D eigenvalue weighted by Gasteiger charge is 2.79. The van der Waals surface area contributed by atoms with Crippen molar-refractivity contribution in [2.75, 3.05) is 18.5 Å². The Kier molecular flexibility index (Phi) is 12.3. The summed E-state index contributed by atoms with van der Waals surface area (Å²) in [6.45, 7) is 1.70. The van der Waals surface area contributed by atoms with E-state index in [9.17, 15) is 58.1 Å². The van der Waals surface area contributed by atoms with Gasteiger partial charge in [-0.3, -0.25) is 43.0 Å². The summed E-state index contributed by atoms with van der Waals surface area (Å²) < 4.78 is 47.6. The number of imide groups is 1. The number of carbonyl (C=O) groups is 7. The SMILES string of the molecule is C[C@]12C=CC(=O)C=C1CC[C@H]1[C@@H]3C[C@H]4O[C@@H](c5ccc(Cc6cccc(NC(=O)[C@H](CCC(=O)O)NC(=O)CN7C(=O)C=CC7=O)c6)cc5)O[C@@]4(C(=O)COP(=O)(O)O)[C@@]3(C)C[C@H](O)[C@@]12F. The number of ketones is 2. The minimum atomic E-state index is -5.12. The number of halogens is 1. The number of aliphatic hydroxyl groups is 1. The molecular formula is C46H49FN3O15P. The van der Waals surface area contributed by atoms with E-state index in [2.05, 4.69) is 10.6 Å². The molecule has 350 valence electrons. The molecule has 0 unspecified atom stereocenters. The largest absolute Gasteiger partial charge is 0.481 e. The fourth-order valence-electron chi connectivity index (χ4n) is 11.4. The molecule has 8 rings (SSSR count). The lowest BCUT2D eigenvalue weighted by Gasteiger charge is -2.62. The summed E-state index contributed by atoms with van der Waals surface area (Å²) in [6, 6.07) is 12.5. The number of anilines is 1. The van der Waals surface area contributed by atoms with Gasteiger partial charge in [0.1, 0.15) is 19.2 Å². The number of hydrogen-bond acceptors (Lipinski definition) is 12. The van der Waals surface area contributed by atoms with E-state index in [1.165, 1.54) is 18.2 Å². The van der Waals surface area contributed by atoms with E-state index < -0.39 is 121 Å². The van der Waals surface area contributed by atoms with Crippen molar-refractivity contribution < 1.29 is 76.5 Å². The predicted molar refractivity (Wildman–Crippen MR) is 227 cm³/mol. The summed E-state index contributed by atoms with van der Waals surface area (Å²) >= 11 is 0. The maximum absolute atomic E-state index is 17.9. The molecule has 3 saturated carbocycles. The third kappa shape index (κ3) is 8.20. The van der Waals surface area contributed by atoms with Gasteiger partial charge in [-0.05, 0) is 86.8 Å². The molecule has 4 amide bonds. The minimum Gasteiger partial charge on any atom is -0.481 e. The number of nitrogens with one attached hydrogen (secondary N) is 2. The molecular weight excluding hydrogens is 884 g/mol. The Balaban J connectivity index is 0.976. The maximum atomic E-state index is 17.9. The number of nitrogens with zero attached hydrogens (tertiary/aromatic N) is 1. The third-order valence-corrected chi connectivity index (χ3v) is 15.0. The minimum absolute atomic E-state index is 0.130. The van der Waals surface area contributed by atoms with Crippen molar-refractivity contribution in [1.82, 2.24) is 10.2 Å². The number of carbonyl (C=O) groups excluding carboxylic acids is 6. The van der Waals surface area contributed by atoms with Crippen LogP contribution < -0.4 is 10.6 Å². The number of phosphoric ester groups is 1. The molecule has 6 N–H and O–H groups in total. The van der Waals surface area contributed by atoms with Crippen molar-refractivity contribution >= 4 is 54.7 Å². The van der Waals surface area contributed by atoms with Crippen molar-refractivity contribution in [2.45, 2.75) is 94.6 Å². The standard InChI is InChI=1S/C46H49FN3O15P/c1-43-17-16-30(51)20-28(43)10-11-31-32-21-36-46(35(53)24-63-66(60,61)62,44(32,2)22-34(52)45(31,43)47)65-42(64-36)27-8-6-25(7-9-27)18-26-4-3-5-29(19-26)48-41(59)33(12-15-40(57)58)49-37(54)23-50-38(55)13-14-39(50)56/h3-9,13-14,16-17,19-20,31-34,36,42,52H,10-12,15,18,21-24H2,1-2H3,(H,48,59)(H,49,54)(H,57,58)(H2,60,61,62)/t31-,32-,33-,34-,36+,42+,43-,44-,45-,46+/m0/s1. The second-order valence-corrected chi connectivity index (χ2v) is 19.5. The Bertz CT molecular complexity index is 2520. The molecule has 0 bridgehead atoms. The first kappa shape index (κ1) is 47.0. The van der Waals surface area contributed by atoms with Gasteiger partial charge in [0, 0.05) is 46.6 Å². The third-order valence-electron chi connectivity index (χ3n) is 14.5. The van der Waals surface area contributed by atoms with Crippen molar-refractivity contribution in [3.8, 4) is 0 Å². The van der Waals surface area contributed by atoms with Gasteiger partial charge in [0.05, 0.1) is 12.2 Å². The van der Waals surface area contributed by atoms with Crippen LogP contribution >= 0.6 is 7.82 Å². The van der Waals surface area contributed by atoms with Gasteiger partial charge in [0.25, 0.3) is 11.8 Å². The molecule has 66 heavy (non-hydrogen) atoms. The number of aliphatic hydroxyl groups excluding tert-OH is 1. The van der Waals surface area contributed by atoms with E-state index >= 15 is 4.39 Å². The highest BCUT2D eigenvalue weighted by Crippen LogP contribution is 2.72. The van der Waals surface area contributed by atoms with E-state index in [1.807, 2.05) is 0 Å². The van der Waals surface area contributed by atoms with Gasteiger partial charge < -0.3 is 40.1 Å². The first-order chi connectivity index (χ1) is 31.1. The average Bonchev–Trinajstić information content (AvgIpc) is 3.87. The Morgan fingerprint density at radius 2 is 1.71 bits per heavy atom. The van der Waals surface area contributed by atoms with Crippen molar-refractivity contribution in [1.29, 1.82) is 0 Å². The summed E-state index contributed by atoms with van der Waals surface area (Å²) in [5.74, 6) is -6.63. The summed E-state index contributed by atoms with van der Waals surface area (Å²) in [7, 11) is -5.12. The number of fused-ring (bicyclic) bond motifs is 7. The fourth-order valence-corrected chi connectivity index (χ4v) is 11.7. The number of allylic oxidation sites excluding steroid dienone is 4. The van der Waals surface area contributed by atoms with Crippen LogP contribution in [0.3, 0.4) is 0 Å². The zero-order valence-corrected chi connectivity index (χ0v) is 36.8. The number of benzene rings is 2. The predicted octanol–water partition coefficient (Wildman–Crippen LogP) is 3.30. The van der Waals surface area contributed by atoms with E-state index in [0.29, 0.717) is 34.6 Å². The number of hydrogen-bond donors (Lipinski definition) is 6. The molecule has 0 spiro atoms. The molecule has 4 aliphatic carbocycles. The molecule has 2 aromatic rings. The van der Waals surface area contributed by atoms with Crippen LogP contribution in [0.5, 0.6) is 0 Å². The lowest BCUT2D eigenvalue weighted by molar-refractivity contribution is -0.231. The maximum Gasteiger partial charge on any atom is 0.470 e. The lowest BCUT2D eigenvalue weighted by Crippen LogP contribution is -2.69.